The van der Waals surface area contributed by atoms with Crippen LogP contribution in [0.25, 0.3) is 11.1 Å². The first-order valence-corrected chi connectivity index (χ1v) is 6.22. The molecule has 3 heteroatoms. The van der Waals surface area contributed by atoms with E-state index in [2.05, 4.69) is 41.5 Å². The number of benzene rings is 1. The van der Waals surface area contributed by atoms with Gasteiger partial charge in [0.25, 0.3) is 0 Å². The first-order valence-electron chi connectivity index (χ1n) is 6.22. The second-order valence-electron chi connectivity index (χ2n) is 4.82. The molecule has 18 heavy (non-hydrogen) atoms. The second kappa shape index (κ2) is 3.42. The molecule has 4 rings (SSSR count). The number of aromatic nitrogens is 1. The minimum Gasteiger partial charge on any atom is -0.369 e. The Morgan fingerprint density at radius 3 is 3.00 bits per heavy atom. The molecule has 0 saturated heterocycles. The highest BCUT2D eigenvalue weighted by atomic mass is 15.0. The summed E-state index contributed by atoms with van der Waals surface area (Å²) in [6, 6.07) is 10.4. The van der Waals surface area contributed by atoms with Gasteiger partial charge in [-0.3, -0.25) is 4.99 Å². The SMILES string of the molecule is CC1=Nc2ccccc2-c2ccnc3c2C1CN3. The van der Waals surface area contributed by atoms with Crippen LogP contribution < -0.4 is 5.32 Å². The molecular weight excluding hydrogens is 222 g/mol. The van der Waals surface area contributed by atoms with E-state index >= 15 is 0 Å². The van der Waals surface area contributed by atoms with Gasteiger partial charge in [0.2, 0.25) is 0 Å². The van der Waals surface area contributed by atoms with E-state index in [1.165, 1.54) is 22.4 Å². The van der Waals surface area contributed by atoms with E-state index in [1.54, 1.807) is 0 Å². The van der Waals surface area contributed by atoms with E-state index < -0.39 is 0 Å². The average Bonchev–Trinajstić information content (AvgIpc) is 2.78. The van der Waals surface area contributed by atoms with Gasteiger partial charge in [-0.25, -0.2) is 4.98 Å². The fraction of sp³-hybridized carbons (Fsp3) is 0.200. The van der Waals surface area contributed by atoms with Crippen LogP contribution in [-0.4, -0.2) is 17.2 Å². The number of hydrogen-bond acceptors (Lipinski definition) is 3. The lowest BCUT2D eigenvalue weighted by Crippen LogP contribution is -2.10. The van der Waals surface area contributed by atoms with Crippen LogP contribution in [0.1, 0.15) is 18.4 Å². The monoisotopic (exact) mass is 235 g/mol. The van der Waals surface area contributed by atoms with Crippen LogP contribution in [0, 0.1) is 0 Å². The Kier molecular flexibility index (Phi) is 1.87. The topological polar surface area (TPSA) is 37.3 Å². The lowest BCUT2D eigenvalue weighted by atomic mass is 9.92. The zero-order chi connectivity index (χ0) is 12.1. The molecule has 1 unspecified atom stereocenters. The van der Waals surface area contributed by atoms with Gasteiger partial charge in [0.15, 0.2) is 0 Å². The smallest absolute Gasteiger partial charge is 0.130 e. The number of pyridine rings is 1. The molecule has 0 fully saturated rings. The molecule has 1 atom stereocenters. The average molecular weight is 235 g/mol. The molecule has 0 bridgehead atoms. The van der Waals surface area contributed by atoms with Gasteiger partial charge in [-0.05, 0) is 24.6 Å². The summed E-state index contributed by atoms with van der Waals surface area (Å²) >= 11 is 0. The summed E-state index contributed by atoms with van der Waals surface area (Å²) in [5.41, 5.74) is 6.02. The van der Waals surface area contributed by atoms with Crippen molar-refractivity contribution in [1.29, 1.82) is 0 Å². The molecule has 0 aliphatic carbocycles. The van der Waals surface area contributed by atoms with Crippen LogP contribution >= 0.6 is 0 Å². The van der Waals surface area contributed by atoms with Gasteiger partial charge in [-0.1, -0.05) is 18.2 Å². The van der Waals surface area contributed by atoms with E-state index in [-0.39, 0.29) is 0 Å². The summed E-state index contributed by atoms with van der Waals surface area (Å²) in [5.74, 6) is 1.37. The van der Waals surface area contributed by atoms with Gasteiger partial charge < -0.3 is 5.32 Å². The standard InChI is InChI=1S/C15H13N3/c1-9-12-8-17-15-14(12)11(6-7-16-15)10-4-2-3-5-13(10)18-9/h2-7,12H,8H2,1H3,(H,16,17). The van der Waals surface area contributed by atoms with E-state index in [0.717, 1.165) is 18.1 Å². The van der Waals surface area contributed by atoms with Crippen molar-refractivity contribution in [2.24, 2.45) is 4.99 Å². The van der Waals surface area contributed by atoms with Crippen molar-refractivity contribution >= 4 is 17.2 Å². The lowest BCUT2D eigenvalue weighted by Gasteiger charge is -2.10. The molecule has 2 aliphatic rings. The van der Waals surface area contributed by atoms with Gasteiger partial charge in [0.05, 0.1) is 5.69 Å². The van der Waals surface area contributed by atoms with Crippen LogP contribution in [0.15, 0.2) is 41.5 Å². The molecule has 0 saturated carbocycles. The third kappa shape index (κ3) is 1.19. The summed E-state index contributed by atoms with van der Waals surface area (Å²) in [6.45, 7) is 3.02. The maximum Gasteiger partial charge on any atom is 0.130 e. The summed E-state index contributed by atoms with van der Waals surface area (Å²) < 4.78 is 0. The van der Waals surface area contributed by atoms with Gasteiger partial charge in [-0.2, -0.15) is 0 Å². The van der Waals surface area contributed by atoms with Crippen molar-refractivity contribution in [3.63, 3.8) is 0 Å². The van der Waals surface area contributed by atoms with Crippen molar-refractivity contribution in [3.8, 4) is 11.1 Å². The quantitative estimate of drug-likeness (QED) is 0.760. The highest BCUT2D eigenvalue weighted by molar-refractivity contribution is 6.00. The van der Waals surface area contributed by atoms with Crippen LogP contribution in [0.5, 0.6) is 0 Å². The summed E-state index contributed by atoms with van der Waals surface area (Å²) in [5, 5.41) is 3.38. The second-order valence-corrected chi connectivity index (χ2v) is 4.82. The number of nitrogens with one attached hydrogen (secondary N) is 1. The minimum absolute atomic E-state index is 0.357. The molecule has 1 aromatic carbocycles. The van der Waals surface area contributed by atoms with Crippen molar-refractivity contribution in [3.05, 3.63) is 42.1 Å². The van der Waals surface area contributed by atoms with E-state index in [9.17, 15) is 0 Å². The fourth-order valence-electron chi connectivity index (χ4n) is 2.93. The maximum atomic E-state index is 4.79. The van der Waals surface area contributed by atoms with Gasteiger partial charge in [0, 0.05) is 35.5 Å². The Morgan fingerprint density at radius 1 is 1.17 bits per heavy atom. The van der Waals surface area contributed by atoms with Crippen LogP contribution in [-0.2, 0) is 0 Å². The zero-order valence-electron chi connectivity index (χ0n) is 10.1. The molecule has 2 aliphatic heterocycles. The Balaban J connectivity index is 2.12. The van der Waals surface area contributed by atoms with E-state index in [1.807, 2.05) is 12.3 Å². The van der Waals surface area contributed by atoms with Crippen molar-refractivity contribution in [2.75, 3.05) is 11.9 Å². The molecule has 0 radical (unpaired) electrons. The highest BCUT2D eigenvalue weighted by Gasteiger charge is 2.31. The Bertz CT molecular complexity index is 673. The number of para-hydroxylation sites is 1. The molecule has 0 spiro atoms. The molecular formula is C15H13N3. The number of nitrogens with zero attached hydrogens (tertiary/aromatic N) is 2. The largest absolute Gasteiger partial charge is 0.369 e. The van der Waals surface area contributed by atoms with Gasteiger partial charge >= 0.3 is 0 Å². The minimum atomic E-state index is 0.357. The van der Waals surface area contributed by atoms with Crippen LogP contribution in [0.3, 0.4) is 0 Å². The van der Waals surface area contributed by atoms with Gasteiger partial charge in [0.1, 0.15) is 5.82 Å². The molecule has 3 heterocycles. The van der Waals surface area contributed by atoms with Crippen LogP contribution in [0.4, 0.5) is 11.5 Å². The molecule has 88 valence electrons. The summed E-state index contributed by atoms with van der Waals surface area (Å²) in [6.07, 6.45) is 1.88. The van der Waals surface area contributed by atoms with E-state index in [0.29, 0.717) is 5.92 Å². The first-order chi connectivity index (χ1) is 8.84. The Morgan fingerprint density at radius 2 is 2.06 bits per heavy atom. The third-order valence-corrected chi connectivity index (χ3v) is 3.81. The lowest BCUT2D eigenvalue weighted by molar-refractivity contribution is 0.996. The van der Waals surface area contributed by atoms with Crippen LogP contribution in [0.2, 0.25) is 0 Å². The number of fused-ring (bicyclic) bond motifs is 2. The third-order valence-electron chi connectivity index (χ3n) is 3.81. The Hall–Kier alpha value is -2.16. The predicted octanol–water partition coefficient (Wildman–Crippen LogP) is 3.36. The number of hydrogen-bond donors (Lipinski definition) is 1. The molecule has 0 amide bonds. The summed E-state index contributed by atoms with van der Waals surface area (Å²) in [4.78, 5) is 9.22. The number of rotatable bonds is 0. The maximum absolute atomic E-state index is 4.79. The normalized spacial score (nSPS) is 19.4. The molecule has 2 aromatic rings. The van der Waals surface area contributed by atoms with E-state index in [4.69, 9.17) is 4.99 Å². The molecule has 1 aromatic heterocycles. The first kappa shape index (κ1) is 9.83. The number of aliphatic imine (C=N–C) groups is 1. The van der Waals surface area contributed by atoms with Crippen molar-refractivity contribution in [1.82, 2.24) is 4.98 Å². The number of anilines is 1. The van der Waals surface area contributed by atoms with Crippen molar-refractivity contribution in [2.45, 2.75) is 12.8 Å². The van der Waals surface area contributed by atoms with Crippen molar-refractivity contribution < 1.29 is 0 Å². The van der Waals surface area contributed by atoms with Gasteiger partial charge in [-0.15, -0.1) is 0 Å². The fourth-order valence-corrected chi connectivity index (χ4v) is 2.93. The predicted molar refractivity (Wildman–Crippen MR) is 73.7 cm³/mol. The molecule has 1 N–H and O–H groups in total. The molecule has 3 nitrogen and oxygen atoms in total. The Labute approximate surface area is 106 Å². The summed E-state index contributed by atoms with van der Waals surface area (Å²) in [7, 11) is 0. The zero-order valence-corrected chi connectivity index (χ0v) is 10.1. The highest BCUT2D eigenvalue weighted by Crippen LogP contribution is 2.44.